The lowest BCUT2D eigenvalue weighted by Crippen LogP contribution is -2.27. The van der Waals surface area contributed by atoms with Gasteiger partial charge in [0.1, 0.15) is 0 Å². The molecule has 0 bridgehead atoms. The highest BCUT2D eigenvalue weighted by molar-refractivity contribution is 6.05. The average molecular weight is 447 g/mol. The minimum atomic E-state index is -0.305. The van der Waals surface area contributed by atoms with Crippen molar-refractivity contribution in [2.75, 3.05) is 28.4 Å². The van der Waals surface area contributed by atoms with Crippen molar-refractivity contribution in [3.8, 4) is 23.0 Å². The summed E-state index contributed by atoms with van der Waals surface area (Å²) >= 11 is 0. The first-order chi connectivity index (χ1) is 16.1. The molecule has 170 valence electrons. The number of hydrogen-bond donors (Lipinski definition) is 0. The van der Waals surface area contributed by atoms with Crippen LogP contribution in [0.4, 0.5) is 0 Å². The molecule has 0 saturated heterocycles. The highest BCUT2D eigenvalue weighted by atomic mass is 16.5. The van der Waals surface area contributed by atoms with E-state index in [1.165, 1.54) is 0 Å². The molecule has 1 aliphatic heterocycles. The van der Waals surface area contributed by atoms with Crippen LogP contribution in [0.2, 0.25) is 0 Å². The molecule has 0 saturated carbocycles. The maximum absolute atomic E-state index is 13.4. The van der Waals surface area contributed by atoms with Gasteiger partial charge in [-0.15, -0.1) is 0 Å². The number of amides is 1. The zero-order valence-electron chi connectivity index (χ0n) is 19.1. The summed E-state index contributed by atoms with van der Waals surface area (Å²) in [5.41, 5.74) is 3.11. The summed E-state index contributed by atoms with van der Waals surface area (Å²) < 4.78 is 21.7. The highest BCUT2D eigenvalue weighted by Gasteiger charge is 2.34. The van der Waals surface area contributed by atoms with Gasteiger partial charge in [-0.05, 0) is 48.0 Å². The molecule has 0 aromatic heterocycles. The summed E-state index contributed by atoms with van der Waals surface area (Å²) in [5.74, 6) is 2.29. The van der Waals surface area contributed by atoms with Crippen LogP contribution in [0.1, 0.15) is 33.9 Å². The Labute approximate surface area is 193 Å². The van der Waals surface area contributed by atoms with Crippen molar-refractivity contribution in [1.29, 1.82) is 0 Å². The Morgan fingerprint density at radius 3 is 2.03 bits per heavy atom. The summed E-state index contributed by atoms with van der Waals surface area (Å²) in [4.78, 5) is 13.4. The maximum atomic E-state index is 13.4. The topological polar surface area (TPSA) is 69.6 Å². The molecule has 0 fully saturated rings. The third kappa shape index (κ3) is 4.35. The highest BCUT2D eigenvalue weighted by Crippen LogP contribution is 2.39. The third-order valence-electron chi connectivity index (χ3n) is 5.65. The van der Waals surface area contributed by atoms with E-state index in [-0.39, 0.29) is 11.9 Å². The quantitative estimate of drug-likeness (QED) is 0.526. The predicted octanol–water partition coefficient (Wildman–Crippen LogP) is 4.71. The number of rotatable bonds is 7. The van der Waals surface area contributed by atoms with Crippen LogP contribution in [-0.4, -0.2) is 45.1 Å². The van der Waals surface area contributed by atoms with Gasteiger partial charge in [0.05, 0.1) is 40.2 Å². The first kappa shape index (κ1) is 22.2. The first-order valence-electron chi connectivity index (χ1n) is 10.5. The van der Waals surface area contributed by atoms with Gasteiger partial charge in [-0.3, -0.25) is 4.79 Å². The number of nitrogens with zero attached hydrogens (tertiary/aromatic N) is 2. The molecule has 33 heavy (non-hydrogen) atoms. The third-order valence-corrected chi connectivity index (χ3v) is 5.65. The van der Waals surface area contributed by atoms with Crippen LogP contribution in [-0.2, 0) is 0 Å². The van der Waals surface area contributed by atoms with Gasteiger partial charge in [0.15, 0.2) is 23.0 Å². The van der Waals surface area contributed by atoms with E-state index in [0.29, 0.717) is 35.0 Å². The minimum absolute atomic E-state index is 0.175. The van der Waals surface area contributed by atoms with Gasteiger partial charge in [-0.25, -0.2) is 5.01 Å². The van der Waals surface area contributed by atoms with Crippen LogP contribution >= 0.6 is 0 Å². The SMILES string of the molecule is COc1ccc(C2=NN(C(=O)c3ccccc3)[C@@H](c3ccc(OC)c(OC)c3)C2)cc1OC. The lowest BCUT2D eigenvalue weighted by Gasteiger charge is -2.23. The number of benzene rings is 3. The van der Waals surface area contributed by atoms with Crippen molar-refractivity contribution in [2.24, 2.45) is 5.10 Å². The molecule has 0 radical (unpaired) electrons. The molecule has 7 heteroatoms. The second kappa shape index (κ2) is 9.65. The molecule has 1 heterocycles. The Morgan fingerprint density at radius 2 is 1.39 bits per heavy atom. The Bertz CT molecular complexity index is 1180. The van der Waals surface area contributed by atoms with E-state index in [1.807, 2.05) is 54.6 Å². The molecular weight excluding hydrogens is 420 g/mol. The van der Waals surface area contributed by atoms with Crippen LogP contribution in [0.15, 0.2) is 71.8 Å². The number of ether oxygens (including phenoxy) is 4. The molecule has 3 aromatic carbocycles. The fourth-order valence-corrected chi connectivity index (χ4v) is 3.92. The summed E-state index contributed by atoms with van der Waals surface area (Å²) in [5, 5.41) is 6.30. The minimum Gasteiger partial charge on any atom is -0.493 e. The Kier molecular flexibility index (Phi) is 6.49. The summed E-state index contributed by atoms with van der Waals surface area (Å²) in [7, 11) is 6.37. The number of carbonyl (C=O) groups excluding carboxylic acids is 1. The van der Waals surface area contributed by atoms with Gasteiger partial charge >= 0.3 is 0 Å². The van der Waals surface area contributed by atoms with E-state index < -0.39 is 0 Å². The van der Waals surface area contributed by atoms with Crippen LogP contribution in [0, 0.1) is 0 Å². The Balaban J connectivity index is 1.76. The number of carbonyl (C=O) groups is 1. The maximum Gasteiger partial charge on any atom is 0.274 e. The van der Waals surface area contributed by atoms with Crippen LogP contribution < -0.4 is 18.9 Å². The van der Waals surface area contributed by atoms with Crippen molar-refractivity contribution in [1.82, 2.24) is 5.01 Å². The number of methoxy groups -OCH3 is 4. The van der Waals surface area contributed by atoms with Crippen molar-refractivity contribution >= 4 is 11.6 Å². The average Bonchev–Trinajstić information content (AvgIpc) is 3.33. The molecule has 4 rings (SSSR count). The molecule has 0 spiro atoms. The largest absolute Gasteiger partial charge is 0.493 e. The van der Waals surface area contributed by atoms with E-state index in [9.17, 15) is 4.79 Å². The van der Waals surface area contributed by atoms with Gasteiger partial charge in [0, 0.05) is 17.5 Å². The van der Waals surface area contributed by atoms with Gasteiger partial charge in [0.25, 0.3) is 5.91 Å². The molecular formula is C26H26N2O5. The van der Waals surface area contributed by atoms with Crippen LogP contribution in [0.25, 0.3) is 0 Å². The second-order valence-corrected chi connectivity index (χ2v) is 7.47. The molecule has 0 aliphatic carbocycles. The fraction of sp³-hybridized carbons (Fsp3) is 0.231. The molecule has 0 N–H and O–H groups in total. The molecule has 1 atom stereocenters. The van der Waals surface area contributed by atoms with Gasteiger partial charge in [-0.2, -0.15) is 5.10 Å². The predicted molar refractivity (Wildman–Crippen MR) is 126 cm³/mol. The Morgan fingerprint density at radius 1 is 0.788 bits per heavy atom. The molecule has 3 aromatic rings. The van der Waals surface area contributed by atoms with Gasteiger partial charge in [-0.1, -0.05) is 24.3 Å². The van der Waals surface area contributed by atoms with Crippen molar-refractivity contribution in [3.63, 3.8) is 0 Å². The smallest absolute Gasteiger partial charge is 0.274 e. The molecule has 1 amide bonds. The second-order valence-electron chi connectivity index (χ2n) is 7.47. The summed E-state index contributed by atoms with van der Waals surface area (Å²) in [6.07, 6.45) is 0.531. The standard InChI is InChI=1S/C26H26N2O5/c1-30-22-12-10-18(14-24(22)32-3)20-16-21(19-11-13-23(31-2)25(15-19)33-4)28(27-20)26(29)17-8-6-5-7-9-17/h5-15,21H,16H2,1-4H3/t21-/m1/s1. The number of hydrazone groups is 1. The molecule has 1 aliphatic rings. The first-order valence-corrected chi connectivity index (χ1v) is 10.5. The zero-order chi connectivity index (χ0) is 23.4. The fourth-order valence-electron chi connectivity index (χ4n) is 3.92. The summed E-state index contributed by atoms with van der Waals surface area (Å²) in [6.45, 7) is 0. The number of hydrogen-bond acceptors (Lipinski definition) is 6. The summed E-state index contributed by atoms with van der Waals surface area (Å²) in [6, 6.07) is 20.1. The van der Waals surface area contributed by atoms with E-state index in [4.69, 9.17) is 24.0 Å². The zero-order valence-corrected chi connectivity index (χ0v) is 19.1. The normalized spacial score (nSPS) is 15.1. The van der Waals surface area contributed by atoms with Gasteiger partial charge in [0.2, 0.25) is 0 Å². The van der Waals surface area contributed by atoms with E-state index >= 15 is 0 Å². The van der Waals surface area contributed by atoms with Crippen LogP contribution in [0.3, 0.4) is 0 Å². The van der Waals surface area contributed by atoms with Crippen LogP contribution in [0.5, 0.6) is 23.0 Å². The van der Waals surface area contributed by atoms with Crippen molar-refractivity contribution in [2.45, 2.75) is 12.5 Å². The van der Waals surface area contributed by atoms with E-state index in [1.54, 1.807) is 45.6 Å². The lowest BCUT2D eigenvalue weighted by atomic mass is 9.97. The molecule has 0 unspecified atom stereocenters. The monoisotopic (exact) mass is 446 g/mol. The van der Waals surface area contributed by atoms with E-state index in [2.05, 4.69) is 0 Å². The van der Waals surface area contributed by atoms with Crippen molar-refractivity contribution < 1.29 is 23.7 Å². The van der Waals surface area contributed by atoms with Crippen molar-refractivity contribution in [3.05, 3.63) is 83.4 Å². The lowest BCUT2D eigenvalue weighted by molar-refractivity contribution is 0.0711. The van der Waals surface area contributed by atoms with Gasteiger partial charge < -0.3 is 18.9 Å². The van der Waals surface area contributed by atoms with E-state index in [0.717, 1.165) is 16.8 Å². The Hall–Kier alpha value is -4.00. The molecule has 7 nitrogen and oxygen atoms in total.